The molecule has 0 bridgehead atoms. The molecule has 0 aromatic heterocycles. The van der Waals surface area contributed by atoms with Gasteiger partial charge in [0.15, 0.2) is 0 Å². The Balaban J connectivity index is 2.25. The van der Waals surface area contributed by atoms with Crippen molar-refractivity contribution in [1.82, 2.24) is 15.5 Å². The summed E-state index contributed by atoms with van der Waals surface area (Å²) in [5.41, 5.74) is 0. The number of piperidine rings is 1. The SMILES string of the molecule is CCCC(C)NC(=O)C(C)NCC(=O)N1CCCCC1. The molecule has 0 aliphatic carbocycles. The molecule has 5 nitrogen and oxygen atoms in total. The van der Waals surface area contributed by atoms with E-state index in [0.29, 0.717) is 0 Å². The molecule has 1 heterocycles. The third-order valence-electron chi connectivity index (χ3n) is 3.77. The predicted octanol–water partition coefficient (Wildman–Crippen LogP) is 1.28. The van der Waals surface area contributed by atoms with Gasteiger partial charge in [0.1, 0.15) is 0 Å². The van der Waals surface area contributed by atoms with E-state index in [1.54, 1.807) is 6.92 Å². The first-order valence-electron chi connectivity index (χ1n) is 7.86. The van der Waals surface area contributed by atoms with Gasteiger partial charge in [-0.15, -0.1) is 0 Å². The van der Waals surface area contributed by atoms with Crippen LogP contribution in [0.25, 0.3) is 0 Å². The molecule has 1 fully saturated rings. The summed E-state index contributed by atoms with van der Waals surface area (Å²) in [6.07, 6.45) is 5.43. The summed E-state index contributed by atoms with van der Waals surface area (Å²) in [5, 5.41) is 5.98. The lowest BCUT2D eigenvalue weighted by Crippen LogP contribution is -2.49. The largest absolute Gasteiger partial charge is 0.352 e. The smallest absolute Gasteiger partial charge is 0.237 e. The van der Waals surface area contributed by atoms with Crippen molar-refractivity contribution in [1.29, 1.82) is 0 Å². The van der Waals surface area contributed by atoms with Gasteiger partial charge in [-0.1, -0.05) is 13.3 Å². The van der Waals surface area contributed by atoms with Crippen LogP contribution in [0.4, 0.5) is 0 Å². The van der Waals surface area contributed by atoms with E-state index in [0.717, 1.165) is 38.8 Å². The van der Waals surface area contributed by atoms with E-state index in [-0.39, 0.29) is 30.4 Å². The molecule has 0 saturated carbocycles. The van der Waals surface area contributed by atoms with E-state index >= 15 is 0 Å². The molecule has 1 saturated heterocycles. The minimum Gasteiger partial charge on any atom is -0.352 e. The van der Waals surface area contributed by atoms with Crippen LogP contribution < -0.4 is 10.6 Å². The number of hydrogen-bond acceptors (Lipinski definition) is 3. The predicted molar refractivity (Wildman–Crippen MR) is 80.4 cm³/mol. The molecule has 2 unspecified atom stereocenters. The molecule has 20 heavy (non-hydrogen) atoms. The molecule has 0 spiro atoms. The number of likely N-dealkylation sites (tertiary alicyclic amines) is 1. The molecule has 1 rings (SSSR count). The number of nitrogens with one attached hydrogen (secondary N) is 2. The Morgan fingerprint density at radius 2 is 1.80 bits per heavy atom. The lowest BCUT2D eigenvalue weighted by atomic mass is 10.1. The molecule has 2 atom stereocenters. The highest BCUT2D eigenvalue weighted by atomic mass is 16.2. The van der Waals surface area contributed by atoms with Gasteiger partial charge >= 0.3 is 0 Å². The Bertz CT molecular complexity index is 314. The van der Waals surface area contributed by atoms with Crippen LogP contribution in [0.2, 0.25) is 0 Å². The lowest BCUT2D eigenvalue weighted by Gasteiger charge is -2.27. The van der Waals surface area contributed by atoms with E-state index < -0.39 is 0 Å². The zero-order valence-electron chi connectivity index (χ0n) is 13.1. The van der Waals surface area contributed by atoms with Crippen LogP contribution in [-0.2, 0) is 9.59 Å². The maximum atomic E-state index is 12.0. The summed E-state index contributed by atoms with van der Waals surface area (Å²) in [5.74, 6) is 0.0725. The standard InChI is InChI=1S/C15H29N3O2/c1-4-8-12(2)17-15(20)13(3)16-11-14(19)18-9-6-5-7-10-18/h12-13,16H,4-11H2,1-3H3,(H,17,20). The molecular formula is C15H29N3O2. The Morgan fingerprint density at radius 3 is 2.40 bits per heavy atom. The molecule has 0 aromatic carbocycles. The highest BCUT2D eigenvalue weighted by Crippen LogP contribution is 2.08. The summed E-state index contributed by atoms with van der Waals surface area (Å²) < 4.78 is 0. The fraction of sp³-hybridized carbons (Fsp3) is 0.867. The van der Waals surface area contributed by atoms with Crippen molar-refractivity contribution in [2.75, 3.05) is 19.6 Å². The minimum atomic E-state index is -0.331. The zero-order chi connectivity index (χ0) is 15.0. The molecule has 116 valence electrons. The van der Waals surface area contributed by atoms with E-state index in [2.05, 4.69) is 17.6 Å². The van der Waals surface area contributed by atoms with Crippen LogP contribution in [-0.4, -0.2) is 48.4 Å². The monoisotopic (exact) mass is 283 g/mol. The average molecular weight is 283 g/mol. The van der Waals surface area contributed by atoms with Crippen molar-refractivity contribution < 1.29 is 9.59 Å². The van der Waals surface area contributed by atoms with Crippen LogP contribution in [0.5, 0.6) is 0 Å². The first kappa shape index (κ1) is 17.0. The van der Waals surface area contributed by atoms with Crippen molar-refractivity contribution in [3.05, 3.63) is 0 Å². The molecular weight excluding hydrogens is 254 g/mol. The first-order chi connectivity index (χ1) is 9.54. The second-order valence-corrected chi connectivity index (χ2v) is 5.74. The van der Waals surface area contributed by atoms with Crippen molar-refractivity contribution in [3.8, 4) is 0 Å². The number of carbonyl (C=O) groups is 2. The number of nitrogens with zero attached hydrogens (tertiary/aromatic N) is 1. The van der Waals surface area contributed by atoms with E-state index in [9.17, 15) is 9.59 Å². The second kappa shape index (κ2) is 8.95. The van der Waals surface area contributed by atoms with Gasteiger partial charge in [0, 0.05) is 19.1 Å². The second-order valence-electron chi connectivity index (χ2n) is 5.74. The van der Waals surface area contributed by atoms with Crippen LogP contribution in [0.1, 0.15) is 52.9 Å². The van der Waals surface area contributed by atoms with Gasteiger partial charge < -0.3 is 10.2 Å². The summed E-state index contributed by atoms with van der Waals surface area (Å²) in [6.45, 7) is 7.87. The van der Waals surface area contributed by atoms with Crippen molar-refractivity contribution >= 4 is 11.8 Å². The highest BCUT2D eigenvalue weighted by Gasteiger charge is 2.19. The van der Waals surface area contributed by atoms with Crippen molar-refractivity contribution in [2.24, 2.45) is 0 Å². The Morgan fingerprint density at radius 1 is 1.15 bits per heavy atom. The summed E-state index contributed by atoms with van der Waals surface area (Å²) >= 11 is 0. The summed E-state index contributed by atoms with van der Waals surface area (Å²) in [4.78, 5) is 25.8. The topological polar surface area (TPSA) is 61.4 Å². The van der Waals surface area contributed by atoms with Gasteiger partial charge in [0.25, 0.3) is 0 Å². The molecule has 0 radical (unpaired) electrons. The molecule has 5 heteroatoms. The molecule has 1 aliphatic rings. The fourth-order valence-corrected chi connectivity index (χ4v) is 2.46. The average Bonchev–Trinajstić information content (AvgIpc) is 2.45. The number of amides is 2. The van der Waals surface area contributed by atoms with Gasteiger partial charge in [-0.2, -0.15) is 0 Å². The van der Waals surface area contributed by atoms with Crippen LogP contribution in [0.3, 0.4) is 0 Å². The van der Waals surface area contributed by atoms with Gasteiger partial charge in [-0.25, -0.2) is 0 Å². The first-order valence-corrected chi connectivity index (χ1v) is 7.86. The molecule has 1 aliphatic heterocycles. The normalized spacial score (nSPS) is 18.4. The summed E-state index contributed by atoms with van der Waals surface area (Å²) in [6, 6.07) is -0.141. The summed E-state index contributed by atoms with van der Waals surface area (Å²) in [7, 11) is 0. The van der Waals surface area contributed by atoms with E-state index in [1.807, 2.05) is 11.8 Å². The van der Waals surface area contributed by atoms with Crippen LogP contribution in [0.15, 0.2) is 0 Å². The quantitative estimate of drug-likeness (QED) is 0.740. The number of carbonyl (C=O) groups excluding carboxylic acids is 2. The van der Waals surface area contributed by atoms with E-state index in [1.165, 1.54) is 6.42 Å². The lowest BCUT2D eigenvalue weighted by molar-refractivity contribution is -0.131. The van der Waals surface area contributed by atoms with Crippen LogP contribution in [0, 0.1) is 0 Å². The molecule has 0 aromatic rings. The van der Waals surface area contributed by atoms with E-state index in [4.69, 9.17) is 0 Å². The number of rotatable bonds is 7. The highest BCUT2D eigenvalue weighted by molar-refractivity contribution is 5.83. The maximum absolute atomic E-state index is 12.0. The Labute approximate surface area is 122 Å². The van der Waals surface area contributed by atoms with Gasteiger partial charge in [0.2, 0.25) is 11.8 Å². The minimum absolute atomic E-state index is 0.0302. The Kier molecular flexibility index (Phi) is 7.59. The maximum Gasteiger partial charge on any atom is 0.237 e. The van der Waals surface area contributed by atoms with Crippen molar-refractivity contribution in [3.63, 3.8) is 0 Å². The third kappa shape index (κ3) is 5.90. The van der Waals surface area contributed by atoms with Gasteiger partial charge in [-0.05, 0) is 39.5 Å². The third-order valence-corrected chi connectivity index (χ3v) is 3.77. The Hall–Kier alpha value is -1.10. The van der Waals surface area contributed by atoms with Crippen LogP contribution >= 0.6 is 0 Å². The molecule has 2 amide bonds. The van der Waals surface area contributed by atoms with Crippen molar-refractivity contribution in [2.45, 2.75) is 65.0 Å². The zero-order valence-corrected chi connectivity index (χ0v) is 13.1. The molecule has 2 N–H and O–H groups in total. The van der Waals surface area contributed by atoms with Gasteiger partial charge in [0.05, 0.1) is 12.6 Å². The number of hydrogen-bond donors (Lipinski definition) is 2. The fourth-order valence-electron chi connectivity index (χ4n) is 2.46. The van der Waals surface area contributed by atoms with Gasteiger partial charge in [-0.3, -0.25) is 14.9 Å².